The number of carbonyl (C=O) groups excluding carboxylic acids is 1. The van der Waals surface area contributed by atoms with Crippen LogP contribution in [0.3, 0.4) is 0 Å². The third-order valence-electron chi connectivity index (χ3n) is 5.27. The Kier molecular flexibility index (Phi) is 5.46. The van der Waals surface area contributed by atoms with Crippen molar-refractivity contribution in [2.24, 2.45) is 0 Å². The zero-order valence-electron chi connectivity index (χ0n) is 18.3. The van der Waals surface area contributed by atoms with Crippen LogP contribution in [-0.2, 0) is 11.3 Å². The number of hydrogen-bond donors (Lipinski definition) is 1. The molecule has 5 aromatic rings. The first-order chi connectivity index (χ1) is 16.4. The van der Waals surface area contributed by atoms with Crippen LogP contribution in [0.2, 0.25) is 5.02 Å². The molecule has 3 heterocycles. The average molecular weight is 475 g/mol. The number of fused-ring (bicyclic) bond motifs is 1. The normalized spacial score (nSPS) is 11.1. The highest BCUT2D eigenvalue weighted by molar-refractivity contribution is 6.33. The highest BCUT2D eigenvalue weighted by Gasteiger charge is 2.19. The van der Waals surface area contributed by atoms with E-state index in [0.29, 0.717) is 27.7 Å². The molecule has 0 spiro atoms. The Balaban J connectivity index is 1.44. The monoisotopic (exact) mass is 474 g/mol. The Morgan fingerprint density at radius 2 is 1.85 bits per heavy atom. The lowest BCUT2D eigenvalue weighted by Gasteiger charge is -2.07. The van der Waals surface area contributed by atoms with Gasteiger partial charge in [-0.1, -0.05) is 52.7 Å². The van der Waals surface area contributed by atoms with E-state index in [1.165, 1.54) is 4.40 Å². The van der Waals surface area contributed by atoms with Gasteiger partial charge in [0.05, 0.1) is 16.3 Å². The van der Waals surface area contributed by atoms with Crippen LogP contribution < -0.4 is 11.0 Å². The summed E-state index contributed by atoms with van der Waals surface area (Å²) >= 11 is 6.19. The number of anilines is 1. The van der Waals surface area contributed by atoms with Gasteiger partial charge in [-0.3, -0.25) is 4.79 Å². The quantitative estimate of drug-likeness (QED) is 0.410. The second-order valence-corrected chi connectivity index (χ2v) is 8.28. The molecule has 0 aliphatic heterocycles. The van der Waals surface area contributed by atoms with Gasteiger partial charge >= 0.3 is 5.69 Å². The summed E-state index contributed by atoms with van der Waals surface area (Å²) in [5, 5.41) is 11.5. The van der Waals surface area contributed by atoms with Crippen molar-refractivity contribution >= 4 is 28.8 Å². The smallest absolute Gasteiger partial charge is 0.333 e. The minimum Gasteiger partial charge on any atom is -0.333 e. The number of hydrogen-bond acceptors (Lipinski definition) is 6. The number of nitrogens with one attached hydrogen (secondary N) is 1. The van der Waals surface area contributed by atoms with Crippen molar-refractivity contribution in [3.63, 3.8) is 0 Å². The fraction of sp³-hybridized carbons (Fsp3) is 0.125. The molecule has 0 aliphatic rings. The molecule has 1 N–H and O–H groups in total. The lowest BCUT2D eigenvalue weighted by molar-refractivity contribution is -0.117. The van der Waals surface area contributed by atoms with Gasteiger partial charge in [0.25, 0.3) is 5.89 Å². The van der Waals surface area contributed by atoms with Gasteiger partial charge in [-0.15, -0.1) is 5.10 Å². The van der Waals surface area contributed by atoms with Crippen LogP contribution in [0.25, 0.3) is 28.5 Å². The van der Waals surface area contributed by atoms with Gasteiger partial charge in [-0.05, 0) is 43.7 Å². The van der Waals surface area contributed by atoms with Crippen molar-refractivity contribution in [3.8, 4) is 22.8 Å². The minimum atomic E-state index is -0.472. The van der Waals surface area contributed by atoms with Gasteiger partial charge in [0.1, 0.15) is 6.54 Å². The van der Waals surface area contributed by atoms with E-state index in [1.54, 1.807) is 30.5 Å². The summed E-state index contributed by atoms with van der Waals surface area (Å²) in [7, 11) is 0. The van der Waals surface area contributed by atoms with Crippen molar-refractivity contribution < 1.29 is 9.32 Å². The molecule has 0 saturated carbocycles. The lowest BCUT2D eigenvalue weighted by atomic mass is 10.1. The van der Waals surface area contributed by atoms with Crippen LogP contribution in [0.4, 0.5) is 5.69 Å². The fourth-order valence-corrected chi connectivity index (χ4v) is 3.79. The second-order valence-electron chi connectivity index (χ2n) is 7.88. The highest BCUT2D eigenvalue weighted by atomic mass is 35.5. The number of amides is 1. The van der Waals surface area contributed by atoms with Crippen molar-refractivity contribution in [3.05, 3.63) is 87.4 Å². The molecule has 10 heteroatoms. The molecule has 3 aromatic heterocycles. The molecule has 2 aromatic carbocycles. The van der Waals surface area contributed by atoms with Gasteiger partial charge in [-0.2, -0.15) is 4.98 Å². The van der Waals surface area contributed by atoms with E-state index in [4.69, 9.17) is 16.1 Å². The van der Waals surface area contributed by atoms with Gasteiger partial charge in [0.15, 0.2) is 5.65 Å². The molecule has 34 heavy (non-hydrogen) atoms. The van der Waals surface area contributed by atoms with Crippen LogP contribution in [0.5, 0.6) is 0 Å². The Labute approximate surface area is 198 Å². The van der Waals surface area contributed by atoms with E-state index in [2.05, 4.69) is 20.6 Å². The summed E-state index contributed by atoms with van der Waals surface area (Å²) in [6.45, 7) is 3.61. The zero-order chi connectivity index (χ0) is 23.8. The maximum Gasteiger partial charge on any atom is 0.350 e. The van der Waals surface area contributed by atoms with Crippen LogP contribution in [0.15, 0.2) is 70.1 Å². The first-order valence-corrected chi connectivity index (χ1v) is 10.8. The van der Waals surface area contributed by atoms with Crippen LogP contribution in [-0.4, -0.2) is 30.2 Å². The number of aromatic nitrogens is 5. The minimum absolute atomic E-state index is 0.217. The van der Waals surface area contributed by atoms with E-state index in [-0.39, 0.29) is 12.4 Å². The number of carbonyl (C=O) groups is 1. The van der Waals surface area contributed by atoms with Gasteiger partial charge in [-0.25, -0.2) is 13.9 Å². The van der Waals surface area contributed by atoms with E-state index in [9.17, 15) is 9.59 Å². The Bertz CT molecular complexity index is 1580. The van der Waals surface area contributed by atoms with Gasteiger partial charge < -0.3 is 9.84 Å². The molecule has 0 bridgehead atoms. The summed E-state index contributed by atoms with van der Waals surface area (Å²) < 4.78 is 7.86. The Morgan fingerprint density at radius 1 is 1.09 bits per heavy atom. The summed E-state index contributed by atoms with van der Waals surface area (Å²) in [5.74, 6) is 0.208. The maximum absolute atomic E-state index is 12.9. The topological polar surface area (TPSA) is 107 Å². The third-order valence-corrected chi connectivity index (χ3v) is 5.58. The number of benzene rings is 2. The van der Waals surface area contributed by atoms with Crippen molar-refractivity contribution in [2.75, 3.05) is 5.32 Å². The fourth-order valence-electron chi connectivity index (χ4n) is 3.51. The van der Waals surface area contributed by atoms with E-state index >= 15 is 0 Å². The average Bonchev–Trinajstić information content (AvgIpc) is 3.42. The highest BCUT2D eigenvalue weighted by Crippen LogP contribution is 2.25. The second kappa shape index (κ2) is 8.60. The zero-order valence-corrected chi connectivity index (χ0v) is 19.1. The molecular weight excluding hydrogens is 456 g/mol. The van der Waals surface area contributed by atoms with Gasteiger partial charge in [0, 0.05) is 11.8 Å². The molecular formula is C24H19ClN6O3. The van der Waals surface area contributed by atoms with Gasteiger partial charge in [0.2, 0.25) is 11.7 Å². The molecule has 170 valence electrons. The molecule has 9 nitrogen and oxygen atoms in total. The molecule has 0 saturated heterocycles. The summed E-state index contributed by atoms with van der Waals surface area (Å²) in [5.41, 5.74) is 3.67. The molecule has 5 rings (SSSR count). The van der Waals surface area contributed by atoms with Crippen molar-refractivity contribution in [1.29, 1.82) is 0 Å². The van der Waals surface area contributed by atoms with Crippen LogP contribution >= 0.6 is 11.6 Å². The first kappa shape index (κ1) is 21.6. The molecule has 0 fully saturated rings. The number of rotatable bonds is 5. The number of nitrogens with zero attached hydrogens (tertiary/aromatic N) is 5. The molecule has 0 aliphatic carbocycles. The standard InChI is InChI=1S/C24H19ClN6O3/c1-14-5-8-16(9-6-14)21-27-23(34-29-21)17-4-3-11-30-22(17)28-31(24(30)33)13-20(32)26-19-10-7-15(2)12-18(19)25/h3-12H,13H2,1-2H3,(H,26,32). The maximum atomic E-state index is 12.9. The number of aryl methyl sites for hydroxylation is 2. The van der Waals surface area contributed by atoms with Crippen LogP contribution in [0.1, 0.15) is 11.1 Å². The molecule has 0 unspecified atom stereocenters. The summed E-state index contributed by atoms with van der Waals surface area (Å²) in [6, 6.07) is 16.4. The van der Waals surface area contributed by atoms with Crippen molar-refractivity contribution in [2.45, 2.75) is 20.4 Å². The number of pyridine rings is 1. The first-order valence-electron chi connectivity index (χ1n) is 10.4. The predicted octanol–water partition coefficient (Wildman–Crippen LogP) is 4.12. The Hall–Kier alpha value is -4.24. The summed E-state index contributed by atoms with van der Waals surface area (Å²) in [6.07, 6.45) is 1.57. The Morgan fingerprint density at radius 3 is 2.62 bits per heavy atom. The van der Waals surface area contributed by atoms with E-state index < -0.39 is 11.6 Å². The largest absolute Gasteiger partial charge is 0.350 e. The molecule has 1 amide bonds. The van der Waals surface area contributed by atoms with Crippen molar-refractivity contribution in [1.82, 2.24) is 24.3 Å². The molecule has 0 atom stereocenters. The summed E-state index contributed by atoms with van der Waals surface area (Å²) in [4.78, 5) is 29.9. The predicted molar refractivity (Wildman–Crippen MR) is 128 cm³/mol. The lowest BCUT2D eigenvalue weighted by Crippen LogP contribution is -2.28. The van der Waals surface area contributed by atoms with E-state index in [0.717, 1.165) is 21.4 Å². The SMILES string of the molecule is Cc1ccc(-c2noc(-c3cccn4c(=O)n(CC(=O)Nc5ccc(C)cc5Cl)nc34)n2)cc1. The van der Waals surface area contributed by atoms with Crippen LogP contribution in [0, 0.1) is 13.8 Å². The van der Waals surface area contributed by atoms with E-state index in [1.807, 2.05) is 44.2 Å². The number of halogens is 1. The molecule has 0 radical (unpaired) electrons. The third kappa shape index (κ3) is 4.08.